The van der Waals surface area contributed by atoms with Gasteiger partial charge < -0.3 is 20.1 Å². The number of nitrogens with one attached hydrogen (secondary N) is 1. The number of anilines is 1. The van der Waals surface area contributed by atoms with Crippen LogP contribution in [0.1, 0.15) is 12.0 Å². The summed E-state index contributed by atoms with van der Waals surface area (Å²) in [5.41, 5.74) is 1.16. The second-order valence-corrected chi connectivity index (χ2v) is 7.40. The Morgan fingerprint density at radius 1 is 1.23 bits per heavy atom. The van der Waals surface area contributed by atoms with Crippen LogP contribution in [-0.2, 0) is 6.42 Å². The van der Waals surface area contributed by atoms with Gasteiger partial charge in [-0.3, -0.25) is 0 Å². The van der Waals surface area contributed by atoms with Crippen molar-refractivity contribution in [2.45, 2.75) is 18.4 Å². The van der Waals surface area contributed by atoms with Crippen molar-refractivity contribution in [2.75, 3.05) is 25.5 Å². The molecule has 0 unspecified atom stereocenters. The zero-order chi connectivity index (χ0) is 18.1. The maximum atomic E-state index is 12.6. The lowest BCUT2D eigenvalue weighted by molar-refractivity contribution is -0.116. The molecule has 1 saturated carbocycles. The van der Waals surface area contributed by atoms with E-state index in [2.05, 4.69) is 5.32 Å². The fourth-order valence-corrected chi connectivity index (χ4v) is 4.35. The summed E-state index contributed by atoms with van der Waals surface area (Å²) in [7, 11) is 1.60. The molecule has 2 amide bonds. The molecule has 136 valence electrons. The highest BCUT2D eigenvalue weighted by Crippen LogP contribution is 2.50. The van der Waals surface area contributed by atoms with Crippen LogP contribution in [0.15, 0.2) is 54.6 Å². The lowest BCUT2D eigenvalue weighted by atomic mass is 9.61. The Bertz CT molecular complexity index is 795. The molecule has 5 nitrogen and oxygen atoms in total. The van der Waals surface area contributed by atoms with Gasteiger partial charge in [-0.1, -0.05) is 36.4 Å². The summed E-state index contributed by atoms with van der Waals surface area (Å²) in [6, 6.07) is 17.3. The highest BCUT2D eigenvalue weighted by molar-refractivity contribution is 5.89. The second-order valence-electron chi connectivity index (χ2n) is 7.40. The molecule has 1 aliphatic heterocycles. The first-order valence-electron chi connectivity index (χ1n) is 9.04. The Balaban J connectivity index is 1.38. The van der Waals surface area contributed by atoms with Crippen LogP contribution in [0.3, 0.4) is 0 Å². The van der Waals surface area contributed by atoms with Crippen molar-refractivity contribution >= 4 is 11.7 Å². The number of carbonyl (C=O) groups excluding carboxylic acids is 1. The lowest BCUT2D eigenvalue weighted by Gasteiger charge is -2.48. The second kappa shape index (κ2) is 6.65. The van der Waals surface area contributed by atoms with E-state index < -0.39 is 5.60 Å². The van der Waals surface area contributed by atoms with E-state index in [1.807, 2.05) is 53.4 Å². The number of rotatable bonds is 4. The van der Waals surface area contributed by atoms with Crippen molar-refractivity contribution in [3.8, 4) is 5.75 Å². The van der Waals surface area contributed by atoms with E-state index in [1.54, 1.807) is 13.2 Å². The van der Waals surface area contributed by atoms with E-state index in [4.69, 9.17) is 4.74 Å². The average molecular weight is 352 g/mol. The van der Waals surface area contributed by atoms with Gasteiger partial charge >= 0.3 is 6.03 Å². The minimum absolute atomic E-state index is 0.116. The fourth-order valence-electron chi connectivity index (χ4n) is 4.35. The van der Waals surface area contributed by atoms with Gasteiger partial charge in [-0.15, -0.1) is 0 Å². The van der Waals surface area contributed by atoms with Crippen LogP contribution in [-0.4, -0.2) is 41.8 Å². The van der Waals surface area contributed by atoms with E-state index in [0.717, 1.165) is 12.0 Å². The number of hydrogen-bond acceptors (Lipinski definition) is 3. The summed E-state index contributed by atoms with van der Waals surface area (Å²) in [4.78, 5) is 14.4. The van der Waals surface area contributed by atoms with Crippen LogP contribution in [0.5, 0.6) is 5.75 Å². The molecule has 5 heteroatoms. The summed E-state index contributed by atoms with van der Waals surface area (Å²) in [6.07, 6.45) is 1.41. The predicted octanol–water partition coefficient (Wildman–Crippen LogP) is 3.15. The molecule has 2 aromatic rings. The molecule has 0 aromatic heterocycles. The molecule has 0 spiro atoms. The van der Waals surface area contributed by atoms with E-state index >= 15 is 0 Å². The van der Waals surface area contributed by atoms with Crippen molar-refractivity contribution in [2.24, 2.45) is 11.8 Å². The van der Waals surface area contributed by atoms with Crippen LogP contribution < -0.4 is 10.1 Å². The van der Waals surface area contributed by atoms with Crippen molar-refractivity contribution in [1.82, 2.24) is 4.90 Å². The fraction of sp³-hybridized carbons (Fsp3) is 0.381. The minimum Gasteiger partial charge on any atom is -0.497 e. The third-order valence-corrected chi connectivity index (χ3v) is 5.71. The Kier molecular flexibility index (Phi) is 4.32. The first-order valence-corrected chi connectivity index (χ1v) is 9.04. The highest BCUT2D eigenvalue weighted by atomic mass is 16.5. The van der Waals surface area contributed by atoms with Crippen molar-refractivity contribution in [3.63, 3.8) is 0 Å². The molecule has 3 atom stereocenters. The van der Waals surface area contributed by atoms with Gasteiger partial charge in [-0.2, -0.15) is 0 Å². The number of nitrogens with zero attached hydrogens (tertiary/aromatic N) is 1. The smallest absolute Gasteiger partial charge is 0.321 e. The van der Waals surface area contributed by atoms with E-state index in [0.29, 0.717) is 36.9 Å². The summed E-state index contributed by atoms with van der Waals surface area (Å²) in [5, 5.41) is 13.9. The Morgan fingerprint density at radius 3 is 2.81 bits per heavy atom. The monoisotopic (exact) mass is 352 g/mol. The first kappa shape index (κ1) is 16.9. The quantitative estimate of drug-likeness (QED) is 0.889. The number of carbonyl (C=O) groups is 1. The van der Waals surface area contributed by atoms with Gasteiger partial charge in [0.15, 0.2) is 0 Å². The van der Waals surface area contributed by atoms with Crippen LogP contribution in [0.25, 0.3) is 0 Å². The number of amides is 2. The van der Waals surface area contributed by atoms with Crippen LogP contribution in [0.4, 0.5) is 10.5 Å². The number of fused-ring (bicyclic) bond motifs is 1. The van der Waals surface area contributed by atoms with Gasteiger partial charge in [0.1, 0.15) is 5.75 Å². The van der Waals surface area contributed by atoms with Crippen LogP contribution in [0, 0.1) is 11.8 Å². The molecule has 2 fully saturated rings. The third kappa shape index (κ3) is 3.15. The Labute approximate surface area is 153 Å². The van der Waals surface area contributed by atoms with Gasteiger partial charge in [-0.25, -0.2) is 4.79 Å². The predicted molar refractivity (Wildman–Crippen MR) is 100 cm³/mol. The Hall–Kier alpha value is -2.53. The number of likely N-dealkylation sites (tertiary alicyclic amines) is 1. The molecule has 1 saturated heterocycles. The zero-order valence-corrected chi connectivity index (χ0v) is 14.9. The van der Waals surface area contributed by atoms with E-state index in [-0.39, 0.29) is 11.9 Å². The zero-order valence-electron chi connectivity index (χ0n) is 14.9. The number of urea groups is 1. The molecule has 0 radical (unpaired) electrons. The van der Waals surface area contributed by atoms with Gasteiger partial charge in [0.25, 0.3) is 0 Å². The molecule has 26 heavy (non-hydrogen) atoms. The number of hydrogen-bond donors (Lipinski definition) is 2. The van der Waals surface area contributed by atoms with Crippen LogP contribution in [0.2, 0.25) is 0 Å². The first-order chi connectivity index (χ1) is 12.6. The van der Waals surface area contributed by atoms with Crippen molar-refractivity contribution in [1.29, 1.82) is 0 Å². The standard InChI is InChI=1S/C21H24N2O3/c1-26-18-9-5-8-17(10-18)22-20(24)23-13-16-12-21(25,19(16)14-23)11-15-6-3-2-4-7-15/h2-10,16,19,25H,11-14H2,1H3,(H,22,24)/t16-,19+,21-/m1/s1. The molecule has 1 aliphatic carbocycles. The van der Waals surface area contributed by atoms with Crippen molar-refractivity contribution in [3.05, 3.63) is 60.2 Å². The Morgan fingerprint density at radius 2 is 2.04 bits per heavy atom. The molecule has 2 N–H and O–H groups in total. The molecule has 2 aliphatic rings. The normalized spacial score (nSPS) is 26.8. The summed E-state index contributed by atoms with van der Waals surface area (Å²) in [6.45, 7) is 1.31. The summed E-state index contributed by atoms with van der Waals surface area (Å²) < 4.78 is 5.19. The van der Waals surface area contributed by atoms with Gasteiger partial charge in [0, 0.05) is 37.2 Å². The molecule has 1 heterocycles. The SMILES string of the molecule is COc1cccc(NC(=O)N2C[C@H]3C[C@](O)(Cc4ccccc4)[C@H]3C2)c1. The van der Waals surface area contributed by atoms with Gasteiger partial charge in [0.05, 0.1) is 12.7 Å². The lowest BCUT2D eigenvalue weighted by Crippen LogP contribution is -2.55. The maximum absolute atomic E-state index is 12.6. The molecular formula is C21H24N2O3. The average Bonchev–Trinajstić information content (AvgIpc) is 3.02. The minimum atomic E-state index is -0.697. The molecule has 4 rings (SSSR count). The number of methoxy groups -OCH3 is 1. The van der Waals surface area contributed by atoms with Gasteiger partial charge in [-0.05, 0) is 30.0 Å². The highest BCUT2D eigenvalue weighted by Gasteiger charge is 2.57. The van der Waals surface area contributed by atoms with E-state index in [1.165, 1.54) is 0 Å². The maximum Gasteiger partial charge on any atom is 0.321 e. The number of aliphatic hydroxyl groups is 1. The summed E-state index contributed by atoms with van der Waals surface area (Å²) in [5.74, 6) is 1.25. The third-order valence-electron chi connectivity index (χ3n) is 5.71. The summed E-state index contributed by atoms with van der Waals surface area (Å²) >= 11 is 0. The molecule has 2 aromatic carbocycles. The van der Waals surface area contributed by atoms with Gasteiger partial charge in [0.2, 0.25) is 0 Å². The van der Waals surface area contributed by atoms with Crippen molar-refractivity contribution < 1.29 is 14.6 Å². The molecular weight excluding hydrogens is 328 g/mol. The number of ether oxygens (including phenoxy) is 1. The molecule has 0 bridgehead atoms. The van der Waals surface area contributed by atoms with Crippen LogP contribution >= 0.6 is 0 Å². The number of benzene rings is 2. The topological polar surface area (TPSA) is 61.8 Å². The largest absolute Gasteiger partial charge is 0.497 e. The van der Waals surface area contributed by atoms with E-state index in [9.17, 15) is 9.90 Å².